The first kappa shape index (κ1) is 10.8. The summed E-state index contributed by atoms with van der Waals surface area (Å²) in [4.78, 5) is 21.2. The van der Waals surface area contributed by atoms with Crippen molar-refractivity contribution in [2.75, 3.05) is 6.61 Å². The van der Waals surface area contributed by atoms with Gasteiger partial charge in [-0.15, -0.1) is 0 Å². The summed E-state index contributed by atoms with van der Waals surface area (Å²) >= 11 is 0. The number of rotatable bonds is 5. The molecule has 1 aliphatic rings. The van der Waals surface area contributed by atoms with Crippen molar-refractivity contribution in [2.45, 2.75) is 32.6 Å². The minimum atomic E-state index is -0.769. The Morgan fingerprint density at radius 2 is 2.21 bits per heavy atom. The molecule has 0 fully saturated rings. The van der Waals surface area contributed by atoms with Gasteiger partial charge in [-0.05, 0) is 31.8 Å². The Kier molecular flexibility index (Phi) is 3.68. The van der Waals surface area contributed by atoms with Crippen LogP contribution in [0.25, 0.3) is 0 Å². The second kappa shape index (κ2) is 4.79. The Balaban J connectivity index is 2.25. The zero-order chi connectivity index (χ0) is 10.6. The van der Waals surface area contributed by atoms with E-state index in [0.717, 1.165) is 18.4 Å². The molecule has 4 nitrogen and oxygen atoms in total. The van der Waals surface area contributed by atoms with Crippen molar-refractivity contribution < 1.29 is 19.4 Å². The second-order valence-electron chi connectivity index (χ2n) is 3.41. The third kappa shape index (κ3) is 2.87. The van der Waals surface area contributed by atoms with Crippen molar-refractivity contribution in [3.05, 3.63) is 11.1 Å². The molecule has 0 unspecified atom stereocenters. The van der Waals surface area contributed by atoms with Crippen molar-refractivity contribution in [2.24, 2.45) is 0 Å². The van der Waals surface area contributed by atoms with E-state index in [-0.39, 0.29) is 12.4 Å². The summed E-state index contributed by atoms with van der Waals surface area (Å²) in [5.41, 5.74) is 1.71. The lowest BCUT2D eigenvalue weighted by atomic mass is 10.0. The number of hydrogen-bond acceptors (Lipinski definition) is 3. The predicted molar refractivity (Wildman–Crippen MR) is 49.8 cm³/mol. The third-order valence-electron chi connectivity index (χ3n) is 2.33. The van der Waals surface area contributed by atoms with E-state index in [9.17, 15) is 9.59 Å². The molecule has 78 valence electrons. The summed E-state index contributed by atoms with van der Waals surface area (Å²) in [6.45, 7) is 2.14. The van der Waals surface area contributed by atoms with Crippen LogP contribution < -0.4 is 0 Å². The van der Waals surface area contributed by atoms with Crippen molar-refractivity contribution in [1.82, 2.24) is 0 Å². The standard InChI is InChI=1S/C10H14O4/c1-7-8(6-14-10(7)13)4-2-3-5-9(11)12/h2-6H2,1H3,(H,11,12). The first-order valence-corrected chi connectivity index (χ1v) is 4.69. The van der Waals surface area contributed by atoms with Gasteiger partial charge in [-0.25, -0.2) is 4.79 Å². The van der Waals surface area contributed by atoms with Crippen LogP contribution in [0.5, 0.6) is 0 Å². The van der Waals surface area contributed by atoms with Crippen LogP contribution in [0, 0.1) is 0 Å². The molecule has 0 aromatic heterocycles. The zero-order valence-electron chi connectivity index (χ0n) is 8.21. The molecular weight excluding hydrogens is 184 g/mol. The van der Waals surface area contributed by atoms with Gasteiger partial charge < -0.3 is 9.84 Å². The fourth-order valence-electron chi connectivity index (χ4n) is 1.39. The second-order valence-corrected chi connectivity index (χ2v) is 3.41. The molecule has 0 aliphatic carbocycles. The Bertz CT molecular complexity index is 278. The van der Waals surface area contributed by atoms with E-state index in [1.54, 1.807) is 6.92 Å². The largest absolute Gasteiger partial charge is 0.481 e. The lowest BCUT2D eigenvalue weighted by molar-refractivity contribution is -0.137. The number of esters is 1. The highest BCUT2D eigenvalue weighted by Crippen LogP contribution is 2.20. The molecule has 0 aromatic rings. The van der Waals surface area contributed by atoms with Crippen LogP contribution in [0.1, 0.15) is 32.6 Å². The molecular formula is C10H14O4. The molecule has 0 radical (unpaired) electrons. The Morgan fingerprint density at radius 3 is 2.71 bits per heavy atom. The normalized spacial score (nSPS) is 15.9. The van der Waals surface area contributed by atoms with Gasteiger partial charge in [-0.2, -0.15) is 0 Å². The fourth-order valence-corrected chi connectivity index (χ4v) is 1.39. The van der Waals surface area contributed by atoms with Gasteiger partial charge in [0, 0.05) is 12.0 Å². The Hall–Kier alpha value is -1.32. The molecule has 0 bridgehead atoms. The van der Waals surface area contributed by atoms with Crippen molar-refractivity contribution in [3.8, 4) is 0 Å². The first-order valence-electron chi connectivity index (χ1n) is 4.69. The number of hydrogen-bond donors (Lipinski definition) is 1. The number of carbonyl (C=O) groups is 2. The van der Waals surface area contributed by atoms with E-state index in [1.807, 2.05) is 0 Å². The van der Waals surface area contributed by atoms with Gasteiger partial charge in [0.25, 0.3) is 0 Å². The smallest absolute Gasteiger partial charge is 0.334 e. The van der Waals surface area contributed by atoms with Crippen LogP contribution >= 0.6 is 0 Å². The van der Waals surface area contributed by atoms with E-state index >= 15 is 0 Å². The van der Waals surface area contributed by atoms with E-state index in [4.69, 9.17) is 9.84 Å². The number of ether oxygens (including phenoxy) is 1. The highest BCUT2D eigenvalue weighted by Gasteiger charge is 2.19. The van der Waals surface area contributed by atoms with Gasteiger partial charge in [0.15, 0.2) is 0 Å². The molecule has 0 saturated heterocycles. The number of unbranched alkanes of at least 4 members (excludes halogenated alkanes) is 1. The molecule has 1 N–H and O–H groups in total. The van der Waals surface area contributed by atoms with Crippen LogP contribution in [0.15, 0.2) is 11.1 Å². The van der Waals surface area contributed by atoms with Crippen LogP contribution in [0.2, 0.25) is 0 Å². The van der Waals surface area contributed by atoms with E-state index < -0.39 is 5.97 Å². The molecule has 14 heavy (non-hydrogen) atoms. The Labute approximate surface area is 82.6 Å². The first-order chi connectivity index (χ1) is 6.61. The van der Waals surface area contributed by atoms with Gasteiger partial charge in [-0.1, -0.05) is 0 Å². The molecule has 0 atom stereocenters. The molecule has 1 rings (SSSR count). The van der Waals surface area contributed by atoms with Gasteiger partial charge in [0.2, 0.25) is 0 Å². The number of carbonyl (C=O) groups excluding carboxylic acids is 1. The third-order valence-corrected chi connectivity index (χ3v) is 2.33. The van der Waals surface area contributed by atoms with E-state index in [1.165, 1.54) is 0 Å². The SMILES string of the molecule is CC1=C(CCCCC(=O)O)COC1=O. The van der Waals surface area contributed by atoms with Crippen LogP contribution in [-0.4, -0.2) is 23.7 Å². The maximum absolute atomic E-state index is 11.0. The van der Waals surface area contributed by atoms with Gasteiger partial charge >= 0.3 is 11.9 Å². The number of aliphatic carboxylic acids is 1. The lowest BCUT2D eigenvalue weighted by Crippen LogP contribution is -1.95. The summed E-state index contributed by atoms with van der Waals surface area (Å²) in [6, 6.07) is 0. The number of carboxylic acid groups (broad SMARTS) is 1. The minimum absolute atomic E-state index is 0.196. The number of carboxylic acids is 1. The summed E-state index contributed by atoms with van der Waals surface area (Å²) in [7, 11) is 0. The van der Waals surface area contributed by atoms with Crippen LogP contribution in [0.4, 0.5) is 0 Å². The van der Waals surface area contributed by atoms with Crippen molar-refractivity contribution in [1.29, 1.82) is 0 Å². The quantitative estimate of drug-likeness (QED) is 0.537. The van der Waals surface area contributed by atoms with Crippen molar-refractivity contribution >= 4 is 11.9 Å². The highest BCUT2D eigenvalue weighted by molar-refractivity contribution is 5.91. The molecule has 0 saturated carbocycles. The maximum atomic E-state index is 11.0. The van der Waals surface area contributed by atoms with Crippen LogP contribution in [0.3, 0.4) is 0 Å². The fraction of sp³-hybridized carbons (Fsp3) is 0.600. The Morgan fingerprint density at radius 1 is 1.50 bits per heavy atom. The summed E-state index contributed by atoms with van der Waals surface area (Å²) < 4.78 is 4.83. The number of cyclic esters (lactones) is 1. The molecule has 4 heteroatoms. The van der Waals surface area contributed by atoms with Crippen molar-refractivity contribution in [3.63, 3.8) is 0 Å². The van der Waals surface area contributed by atoms with Crippen LogP contribution in [-0.2, 0) is 14.3 Å². The monoisotopic (exact) mass is 198 g/mol. The molecule has 0 amide bonds. The van der Waals surface area contributed by atoms with Gasteiger partial charge in [-0.3, -0.25) is 4.79 Å². The average molecular weight is 198 g/mol. The zero-order valence-corrected chi connectivity index (χ0v) is 8.21. The average Bonchev–Trinajstić information content (AvgIpc) is 2.43. The molecule has 0 aromatic carbocycles. The minimum Gasteiger partial charge on any atom is -0.481 e. The molecule has 1 aliphatic heterocycles. The topological polar surface area (TPSA) is 63.6 Å². The van der Waals surface area contributed by atoms with Gasteiger partial charge in [0.1, 0.15) is 6.61 Å². The summed E-state index contributed by atoms with van der Waals surface area (Å²) in [5, 5.41) is 8.41. The molecule has 0 spiro atoms. The molecule has 1 heterocycles. The maximum Gasteiger partial charge on any atom is 0.334 e. The predicted octanol–water partition coefficient (Wildman–Crippen LogP) is 1.50. The van der Waals surface area contributed by atoms with E-state index in [0.29, 0.717) is 18.6 Å². The summed E-state index contributed by atoms with van der Waals surface area (Å²) in [6.07, 6.45) is 2.42. The van der Waals surface area contributed by atoms with Gasteiger partial charge in [0.05, 0.1) is 0 Å². The highest BCUT2D eigenvalue weighted by atomic mass is 16.5. The van der Waals surface area contributed by atoms with E-state index in [2.05, 4.69) is 0 Å². The lowest BCUT2D eigenvalue weighted by Gasteiger charge is -1.99. The summed E-state index contributed by atoms with van der Waals surface area (Å²) in [5.74, 6) is -1.01.